The number of hydrogen-bond donors (Lipinski definition) is 0. The Morgan fingerprint density at radius 3 is 2.32 bits per heavy atom. The molecule has 0 N–H and O–H groups in total. The molecule has 2 rings (SSSR count). The Morgan fingerprint density at radius 2 is 1.80 bits per heavy atom. The standard InChI is InChI=1S/C19H28N2O3Si/c1-8-23-18(22)17-14(2)21(13-20-17)15-9-11-16(12-10-15)24-25(6,7)19(3,4)5/h9-13H,8H2,1-7H3. The molecule has 6 heteroatoms. The predicted molar refractivity (Wildman–Crippen MR) is 102 cm³/mol. The Morgan fingerprint density at radius 1 is 1.20 bits per heavy atom. The fourth-order valence-corrected chi connectivity index (χ4v) is 3.22. The van der Waals surface area contributed by atoms with Crippen molar-refractivity contribution in [1.82, 2.24) is 9.55 Å². The molecular formula is C19H28N2O3Si. The van der Waals surface area contributed by atoms with E-state index in [9.17, 15) is 4.79 Å². The molecule has 136 valence electrons. The molecule has 0 radical (unpaired) electrons. The number of esters is 1. The normalized spacial score (nSPS) is 12.1. The summed E-state index contributed by atoms with van der Waals surface area (Å²) in [5.41, 5.74) is 2.04. The molecule has 0 atom stereocenters. The van der Waals surface area contributed by atoms with Crippen molar-refractivity contribution in [2.75, 3.05) is 6.61 Å². The van der Waals surface area contributed by atoms with E-state index in [2.05, 4.69) is 38.8 Å². The van der Waals surface area contributed by atoms with Crippen LogP contribution in [0.5, 0.6) is 5.75 Å². The molecule has 0 aliphatic rings. The van der Waals surface area contributed by atoms with Gasteiger partial charge in [-0.05, 0) is 56.2 Å². The third kappa shape index (κ3) is 4.12. The Labute approximate surface area is 151 Å². The zero-order valence-electron chi connectivity index (χ0n) is 16.2. The lowest BCUT2D eigenvalue weighted by atomic mass is 10.2. The molecule has 5 nitrogen and oxygen atoms in total. The first-order valence-corrected chi connectivity index (χ1v) is 11.5. The Bertz CT molecular complexity index is 743. The lowest BCUT2D eigenvalue weighted by molar-refractivity contribution is 0.0519. The van der Waals surface area contributed by atoms with Crippen molar-refractivity contribution in [3.8, 4) is 11.4 Å². The van der Waals surface area contributed by atoms with Gasteiger partial charge < -0.3 is 13.7 Å². The van der Waals surface area contributed by atoms with Gasteiger partial charge >= 0.3 is 5.97 Å². The molecule has 0 bridgehead atoms. The summed E-state index contributed by atoms with van der Waals surface area (Å²) in [6.45, 7) is 15.1. The van der Waals surface area contributed by atoms with Crippen LogP contribution in [-0.4, -0.2) is 30.4 Å². The van der Waals surface area contributed by atoms with Gasteiger partial charge in [0.2, 0.25) is 8.32 Å². The van der Waals surface area contributed by atoms with Gasteiger partial charge in [0.05, 0.1) is 12.3 Å². The third-order valence-corrected chi connectivity index (χ3v) is 9.13. The van der Waals surface area contributed by atoms with Crippen LogP contribution in [-0.2, 0) is 4.74 Å². The average molecular weight is 361 g/mol. The summed E-state index contributed by atoms with van der Waals surface area (Å²) in [4.78, 5) is 16.1. The Balaban J connectivity index is 2.22. The minimum absolute atomic E-state index is 0.154. The first kappa shape index (κ1) is 19.2. The van der Waals surface area contributed by atoms with Gasteiger partial charge in [-0.25, -0.2) is 9.78 Å². The van der Waals surface area contributed by atoms with Gasteiger partial charge in [-0.2, -0.15) is 0 Å². The highest BCUT2D eigenvalue weighted by atomic mass is 28.4. The highest BCUT2D eigenvalue weighted by Gasteiger charge is 2.38. The minimum atomic E-state index is -1.85. The van der Waals surface area contributed by atoms with E-state index >= 15 is 0 Å². The maximum atomic E-state index is 11.9. The summed E-state index contributed by atoms with van der Waals surface area (Å²) in [7, 11) is -1.85. The number of aromatic nitrogens is 2. The highest BCUT2D eigenvalue weighted by Crippen LogP contribution is 2.37. The van der Waals surface area contributed by atoms with Gasteiger partial charge in [-0.3, -0.25) is 0 Å². The van der Waals surface area contributed by atoms with Gasteiger partial charge in [0, 0.05) is 5.69 Å². The molecule has 0 saturated heterocycles. The number of hydrogen-bond acceptors (Lipinski definition) is 4. The Kier molecular flexibility index (Phi) is 5.42. The third-order valence-electron chi connectivity index (χ3n) is 4.77. The van der Waals surface area contributed by atoms with Crippen molar-refractivity contribution in [2.45, 2.75) is 52.8 Å². The summed E-state index contributed by atoms with van der Waals surface area (Å²) >= 11 is 0. The molecule has 0 saturated carbocycles. The van der Waals surface area contributed by atoms with Crippen molar-refractivity contribution >= 4 is 14.3 Å². The van der Waals surface area contributed by atoms with Gasteiger partial charge in [-0.15, -0.1) is 0 Å². The molecule has 0 aliphatic heterocycles. The fourth-order valence-electron chi connectivity index (χ4n) is 2.19. The minimum Gasteiger partial charge on any atom is -0.544 e. The van der Waals surface area contributed by atoms with E-state index < -0.39 is 14.3 Å². The largest absolute Gasteiger partial charge is 0.544 e. The van der Waals surface area contributed by atoms with Gasteiger partial charge in [0.1, 0.15) is 12.1 Å². The van der Waals surface area contributed by atoms with Crippen LogP contribution < -0.4 is 4.43 Å². The average Bonchev–Trinajstić information content (AvgIpc) is 2.88. The smallest absolute Gasteiger partial charge is 0.358 e. The van der Waals surface area contributed by atoms with Crippen LogP contribution in [0.15, 0.2) is 30.6 Å². The molecule has 1 aromatic heterocycles. The van der Waals surface area contributed by atoms with E-state index in [0.29, 0.717) is 12.3 Å². The number of benzene rings is 1. The maximum Gasteiger partial charge on any atom is 0.358 e. The van der Waals surface area contributed by atoms with Crippen LogP contribution in [0.4, 0.5) is 0 Å². The second-order valence-electron chi connectivity index (χ2n) is 7.63. The Hall–Kier alpha value is -2.08. The second-order valence-corrected chi connectivity index (χ2v) is 12.4. The molecule has 0 amide bonds. The van der Waals surface area contributed by atoms with Crippen LogP contribution in [0.2, 0.25) is 18.1 Å². The van der Waals surface area contributed by atoms with Gasteiger partial charge in [0.25, 0.3) is 0 Å². The summed E-state index contributed by atoms with van der Waals surface area (Å²) in [5.74, 6) is 0.482. The highest BCUT2D eigenvalue weighted by molar-refractivity contribution is 6.74. The van der Waals surface area contributed by atoms with E-state index in [-0.39, 0.29) is 5.04 Å². The zero-order valence-corrected chi connectivity index (χ0v) is 17.2. The number of carbonyl (C=O) groups excluding carboxylic acids is 1. The molecule has 0 aliphatic carbocycles. The molecule has 2 aromatic rings. The van der Waals surface area contributed by atoms with Crippen molar-refractivity contribution in [1.29, 1.82) is 0 Å². The van der Waals surface area contributed by atoms with Crippen molar-refractivity contribution in [3.63, 3.8) is 0 Å². The molecule has 0 spiro atoms. The van der Waals surface area contributed by atoms with Gasteiger partial charge in [-0.1, -0.05) is 20.8 Å². The molecule has 1 heterocycles. The summed E-state index contributed by atoms with van der Waals surface area (Å²) in [6, 6.07) is 7.90. The van der Waals surface area contributed by atoms with Crippen LogP contribution in [0, 0.1) is 6.92 Å². The number of imidazole rings is 1. The number of nitrogens with zero attached hydrogens (tertiary/aromatic N) is 2. The number of rotatable bonds is 5. The van der Waals surface area contributed by atoms with E-state index in [1.165, 1.54) is 0 Å². The lowest BCUT2D eigenvalue weighted by Crippen LogP contribution is -2.43. The van der Waals surface area contributed by atoms with E-state index in [0.717, 1.165) is 17.1 Å². The van der Waals surface area contributed by atoms with Crippen molar-refractivity contribution in [2.24, 2.45) is 0 Å². The van der Waals surface area contributed by atoms with Crippen LogP contribution in [0.1, 0.15) is 43.9 Å². The monoisotopic (exact) mass is 360 g/mol. The number of ether oxygens (including phenoxy) is 1. The summed E-state index contributed by atoms with van der Waals surface area (Å²) < 4.78 is 13.2. The molecular weight excluding hydrogens is 332 g/mol. The maximum absolute atomic E-state index is 11.9. The summed E-state index contributed by atoms with van der Waals surface area (Å²) in [5, 5.41) is 0.154. The van der Waals surface area contributed by atoms with Crippen molar-refractivity contribution in [3.05, 3.63) is 42.0 Å². The van der Waals surface area contributed by atoms with Crippen LogP contribution >= 0.6 is 0 Å². The molecule has 25 heavy (non-hydrogen) atoms. The zero-order chi connectivity index (χ0) is 18.8. The first-order valence-electron chi connectivity index (χ1n) is 8.57. The molecule has 0 fully saturated rings. The van der Waals surface area contributed by atoms with Crippen molar-refractivity contribution < 1.29 is 14.0 Å². The lowest BCUT2D eigenvalue weighted by Gasteiger charge is -2.36. The number of carbonyl (C=O) groups is 1. The first-order chi connectivity index (χ1) is 11.6. The van der Waals surface area contributed by atoms with E-state index in [1.54, 1.807) is 13.3 Å². The van der Waals surface area contributed by atoms with Crippen LogP contribution in [0.25, 0.3) is 5.69 Å². The second kappa shape index (κ2) is 7.04. The predicted octanol–water partition coefficient (Wildman–Crippen LogP) is 4.74. The quantitative estimate of drug-likeness (QED) is 0.571. The summed E-state index contributed by atoms with van der Waals surface area (Å²) in [6.07, 6.45) is 1.64. The topological polar surface area (TPSA) is 53.3 Å². The molecule has 1 aromatic carbocycles. The fraction of sp³-hybridized carbons (Fsp3) is 0.474. The van der Waals surface area contributed by atoms with E-state index in [1.807, 2.05) is 35.8 Å². The van der Waals surface area contributed by atoms with Gasteiger partial charge in [0.15, 0.2) is 5.69 Å². The molecule has 0 unspecified atom stereocenters. The van der Waals surface area contributed by atoms with Crippen LogP contribution in [0.3, 0.4) is 0 Å². The van der Waals surface area contributed by atoms with E-state index in [4.69, 9.17) is 9.16 Å². The SMILES string of the molecule is CCOC(=O)c1ncn(-c2ccc(O[Si](C)(C)C(C)(C)C)cc2)c1C.